The van der Waals surface area contributed by atoms with Crippen LogP contribution >= 0.6 is 0 Å². The molecular formula is C10H19NO3. The predicted octanol–water partition coefficient (Wildman–Crippen LogP) is 0.369. The molecule has 0 radical (unpaired) electrons. The fourth-order valence-electron chi connectivity index (χ4n) is 2.35. The zero-order valence-electron chi connectivity index (χ0n) is 8.57. The van der Waals surface area contributed by atoms with E-state index in [2.05, 4.69) is 0 Å². The Morgan fingerprint density at radius 1 is 1.50 bits per heavy atom. The van der Waals surface area contributed by atoms with Crippen molar-refractivity contribution < 1.29 is 15.0 Å². The first-order valence-electron chi connectivity index (χ1n) is 5.24. The molecule has 1 aliphatic carbocycles. The van der Waals surface area contributed by atoms with Crippen molar-refractivity contribution in [3.05, 3.63) is 0 Å². The number of primary amides is 1. The highest BCUT2D eigenvalue weighted by molar-refractivity contribution is 5.77. The van der Waals surface area contributed by atoms with Crippen molar-refractivity contribution in [3.8, 4) is 0 Å². The second-order valence-electron chi connectivity index (χ2n) is 4.13. The van der Waals surface area contributed by atoms with E-state index in [4.69, 9.17) is 5.73 Å². The van der Waals surface area contributed by atoms with Gasteiger partial charge in [0.2, 0.25) is 5.91 Å². The number of hydrogen-bond acceptors (Lipinski definition) is 3. The minimum Gasteiger partial charge on any atom is -0.369 e. The highest BCUT2D eigenvalue weighted by atomic mass is 16.5. The van der Waals surface area contributed by atoms with Crippen LogP contribution < -0.4 is 5.73 Å². The molecule has 0 aromatic rings. The minimum absolute atomic E-state index is 0.194. The van der Waals surface area contributed by atoms with Gasteiger partial charge in [-0.2, -0.15) is 0 Å². The van der Waals surface area contributed by atoms with Gasteiger partial charge >= 0.3 is 0 Å². The van der Waals surface area contributed by atoms with E-state index in [1.54, 1.807) is 6.92 Å². The molecule has 14 heavy (non-hydrogen) atoms. The fourth-order valence-corrected chi connectivity index (χ4v) is 2.35. The summed E-state index contributed by atoms with van der Waals surface area (Å²) in [4.78, 5) is 11.0. The van der Waals surface area contributed by atoms with E-state index in [1.807, 2.05) is 0 Å². The molecule has 4 nitrogen and oxygen atoms in total. The van der Waals surface area contributed by atoms with Gasteiger partial charge in [-0.15, -0.1) is 0 Å². The van der Waals surface area contributed by atoms with Crippen LogP contribution in [-0.2, 0) is 4.79 Å². The Bertz CT molecular complexity index is 209. The number of amides is 1. The van der Waals surface area contributed by atoms with Gasteiger partial charge in [0.25, 0.3) is 0 Å². The highest BCUT2D eigenvalue weighted by Gasteiger charge is 2.44. The molecule has 0 aromatic heterocycles. The molecule has 1 fully saturated rings. The number of aliphatic hydroxyl groups is 2. The molecule has 0 bridgehead atoms. The van der Waals surface area contributed by atoms with Gasteiger partial charge in [-0.3, -0.25) is 4.79 Å². The van der Waals surface area contributed by atoms with Crippen molar-refractivity contribution >= 4 is 5.91 Å². The predicted molar refractivity (Wildman–Crippen MR) is 52.1 cm³/mol. The summed E-state index contributed by atoms with van der Waals surface area (Å²) >= 11 is 0. The van der Waals surface area contributed by atoms with Crippen molar-refractivity contribution in [1.29, 1.82) is 0 Å². The van der Waals surface area contributed by atoms with Gasteiger partial charge in [-0.05, 0) is 19.3 Å². The maximum atomic E-state index is 11.0. The lowest BCUT2D eigenvalue weighted by Gasteiger charge is -2.33. The molecule has 1 unspecified atom stereocenters. The van der Waals surface area contributed by atoms with E-state index in [0.717, 1.165) is 25.7 Å². The summed E-state index contributed by atoms with van der Waals surface area (Å²) in [5, 5.41) is 19.8. The first kappa shape index (κ1) is 11.5. The molecule has 0 saturated heterocycles. The number of carbonyl (C=O) groups excluding carboxylic acids is 1. The topological polar surface area (TPSA) is 83.6 Å². The molecule has 0 spiro atoms. The Balaban J connectivity index is 2.74. The Hall–Kier alpha value is -0.610. The van der Waals surface area contributed by atoms with Crippen LogP contribution in [0.25, 0.3) is 0 Å². The second kappa shape index (κ2) is 4.28. The quantitative estimate of drug-likeness (QED) is 0.574. The first-order valence-corrected chi connectivity index (χ1v) is 5.24. The van der Waals surface area contributed by atoms with E-state index in [0.29, 0.717) is 6.42 Å². The summed E-state index contributed by atoms with van der Waals surface area (Å²) < 4.78 is 0. The second-order valence-corrected chi connectivity index (χ2v) is 4.13. The molecule has 0 heterocycles. The standard InChI is InChI=1S/C10H19NO3/c1-2-8(9(11)12)10(13,14)7-5-3-4-6-7/h7-8,13-14H,2-6H2,1H3,(H2,11,12). The normalized spacial score (nSPS) is 21.1. The monoisotopic (exact) mass is 201 g/mol. The Morgan fingerprint density at radius 3 is 2.36 bits per heavy atom. The van der Waals surface area contributed by atoms with Gasteiger partial charge in [-0.25, -0.2) is 0 Å². The molecule has 0 aliphatic heterocycles. The SMILES string of the molecule is CCC(C(N)=O)C(O)(O)C1CCCC1. The third-order valence-corrected chi connectivity index (χ3v) is 3.22. The fraction of sp³-hybridized carbons (Fsp3) is 0.900. The van der Waals surface area contributed by atoms with Crippen LogP contribution in [0.5, 0.6) is 0 Å². The summed E-state index contributed by atoms with van der Waals surface area (Å²) in [5.41, 5.74) is 5.14. The summed E-state index contributed by atoms with van der Waals surface area (Å²) in [6, 6.07) is 0. The van der Waals surface area contributed by atoms with Crippen LogP contribution in [-0.4, -0.2) is 21.9 Å². The van der Waals surface area contributed by atoms with Gasteiger partial charge in [-0.1, -0.05) is 19.8 Å². The van der Waals surface area contributed by atoms with Crippen molar-refractivity contribution in [3.63, 3.8) is 0 Å². The van der Waals surface area contributed by atoms with Crippen LogP contribution in [0, 0.1) is 11.8 Å². The minimum atomic E-state index is -1.91. The van der Waals surface area contributed by atoms with Crippen LogP contribution in [0.3, 0.4) is 0 Å². The number of rotatable bonds is 4. The summed E-state index contributed by atoms with van der Waals surface area (Å²) in [6.45, 7) is 1.74. The lowest BCUT2D eigenvalue weighted by molar-refractivity contribution is -0.232. The maximum absolute atomic E-state index is 11.0. The molecular weight excluding hydrogens is 182 g/mol. The molecule has 1 rings (SSSR count). The summed E-state index contributed by atoms with van der Waals surface area (Å²) in [7, 11) is 0. The zero-order valence-corrected chi connectivity index (χ0v) is 8.57. The third kappa shape index (κ3) is 2.07. The Kier molecular flexibility index (Phi) is 3.50. The highest BCUT2D eigenvalue weighted by Crippen LogP contribution is 2.37. The van der Waals surface area contributed by atoms with Gasteiger partial charge in [0.05, 0.1) is 5.92 Å². The van der Waals surface area contributed by atoms with E-state index >= 15 is 0 Å². The Morgan fingerprint density at radius 2 is 2.00 bits per heavy atom. The maximum Gasteiger partial charge on any atom is 0.225 e. The van der Waals surface area contributed by atoms with Gasteiger partial charge in [0.1, 0.15) is 0 Å². The van der Waals surface area contributed by atoms with Gasteiger partial charge < -0.3 is 15.9 Å². The lowest BCUT2D eigenvalue weighted by atomic mass is 9.84. The van der Waals surface area contributed by atoms with Crippen molar-refractivity contribution in [1.82, 2.24) is 0 Å². The first-order chi connectivity index (χ1) is 6.50. The van der Waals surface area contributed by atoms with E-state index in [9.17, 15) is 15.0 Å². The molecule has 1 atom stereocenters. The summed E-state index contributed by atoms with van der Waals surface area (Å²) in [6.07, 6.45) is 3.93. The third-order valence-electron chi connectivity index (χ3n) is 3.22. The lowest BCUT2D eigenvalue weighted by Crippen LogP contribution is -2.49. The van der Waals surface area contributed by atoms with E-state index in [1.165, 1.54) is 0 Å². The molecule has 82 valence electrons. The molecule has 4 heteroatoms. The van der Waals surface area contributed by atoms with E-state index in [-0.39, 0.29) is 5.92 Å². The van der Waals surface area contributed by atoms with Gasteiger partial charge in [0.15, 0.2) is 5.79 Å². The molecule has 1 aliphatic rings. The molecule has 1 saturated carbocycles. The number of hydrogen-bond donors (Lipinski definition) is 3. The number of carbonyl (C=O) groups is 1. The largest absolute Gasteiger partial charge is 0.369 e. The van der Waals surface area contributed by atoms with Crippen LogP contribution in [0.15, 0.2) is 0 Å². The average Bonchev–Trinajstić information content (AvgIpc) is 2.55. The zero-order chi connectivity index (χ0) is 10.8. The Labute approximate surface area is 84.1 Å². The molecule has 0 aromatic carbocycles. The van der Waals surface area contributed by atoms with E-state index < -0.39 is 17.6 Å². The average molecular weight is 201 g/mol. The van der Waals surface area contributed by atoms with Gasteiger partial charge in [0, 0.05) is 5.92 Å². The molecule has 1 amide bonds. The van der Waals surface area contributed by atoms with Crippen LogP contribution in [0.2, 0.25) is 0 Å². The van der Waals surface area contributed by atoms with Crippen molar-refractivity contribution in [2.75, 3.05) is 0 Å². The van der Waals surface area contributed by atoms with Crippen molar-refractivity contribution in [2.24, 2.45) is 17.6 Å². The summed E-state index contributed by atoms with van der Waals surface area (Å²) in [5.74, 6) is -3.56. The number of nitrogens with two attached hydrogens (primary N) is 1. The van der Waals surface area contributed by atoms with Crippen LogP contribution in [0.4, 0.5) is 0 Å². The van der Waals surface area contributed by atoms with Crippen molar-refractivity contribution in [2.45, 2.75) is 44.8 Å². The smallest absolute Gasteiger partial charge is 0.225 e. The van der Waals surface area contributed by atoms with Crippen LogP contribution in [0.1, 0.15) is 39.0 Å². The molecule has 4 N–H and O–H groups in total.